The van der Waals surface area contributed by atoms with Gasteiger partial charge in [-0.2, -0.15) is 0 Å². The third-order valence-corrected chi connectivity index (χ3v) is 4.73. The second-order valence-electron chi connectivity index (χ2n) is 6.12. The molecule has 7 heteroatoms. The van der Waals surface area contributed by atoms with Crippen LogP contribution in [0.4, 0.5) is 0 Å². The molecule has 0 spiro atoms. The maximum Gasteiger partial charge on any atom is 0.254 e. The van der Waals surface area contributed by atoms with Gasteiger partial charge in [0.1, 0.15) is 23.9 Å². The Balaban J connectivity index is 1.51. The van der Waals surface area contributed by atoms with Gasteiger partial charge in [-0.15, -0.1) is 11.3 Å². The van der Waals surface area contributed by atoms with Crippen LogP contribution in [0.2, 0.25) is 0 Å². The third-order valence-electron chi connectivity index (χ3n) is 4.09. The van der Waals surface area contributed by atoms with Gasteiger partial charge < -0.3 is 18.5 Å². The van der Waals surface area contributed by atoms with Crippen molar-refractivity contribution in [1.82, 2.24) is 9.88 Å². The van der Waals surface area contributed by atoms with Crippen molar-refractivity contribution in [1.29, 1.82) is 0 Å². The zero-order valence-electron chi connectivity index (χ0n) is 15.0. The Labute approximate surface area is 166 Å². The quantitative estimate of drug-likeness (QED) is 0.431. The van der Waals surface area contributed by atoms with Gasteiger partial charge >= 0.3 is 0 Å². The van der Waals surface area contributed by atoms with Crippen LogP contribution in [0.3, 0.4) is 0 Å². The minimum atomic E-state index is -0.132. The molecule has 0 unspecified atom stereocenters. The SMILES string of the molecule is O=C(c1cccc(OCc2cscn2)c1)N(Cc1ccco1)Cc1ccco1. The van der Waals surface area contributed by atoms with Gasteiger partial charge in [-0.1, -0.05) is 6.07 Å². The van der Waals surface area contributed by atoms with Crippen molar-refractivity contribution < 1.29 is 18.4 Å². The lowest BCUT2D eigenvalue weighted by Gasteiger charge is -2.21. The lowest BCUT2D eigenvalue weighted by atomic mass is 10.1. The molecular formula is C21H18N2O4S. The summed E-state index contributed by atoms with van der Waals surface area (Å²) in [5.74, 6) is 1.90. The van der Waals surface area contributed by atoms with Crippen molar-refractivity contribution >= 4 is 17.2 Å². The highest BCUT2D eigenvalue weighted by atomic mass is 32.1. The first-order valence-electron chi connectivity index (χ1n) is 8.72. The van der Waals surface area contributed by atoms with E-state index in [2.05, 4.69) is 4.98 Å². The number of carbonyl (C=O) groups is 1. The summed E-state index contributed by atoms with van der Waals surface area (Å²) in [4.78, 5) is 19.0. The number of aromatic nitrogens is 1. The van der Waals surface area contributed by atoms with E-state index in [4.69, 9.17) is 13.6 Å². The summed E-state index contributed by atoms with van der Waals surface area (Å²) in [6.07, 6.45) is 3.19. The van der Waals surface area contributed by atoms with Gasteiger partial charge in [0.15, 0.2) is 0 Å². The molecule has 28 heavy (non-hydrogen) atoms. The Morgan fingerprint density at radius 3 is 2.39 bits per heavy atom. The zero-order valence-corrected chi connectivity index (χ0v) is 15.8. The fourth-order valence-electron chi connectivity index (χ4n) is 2.75. The van der Waals surface area contributed by atoms with Crippen LogP contribution in [-0.4, -0.2) is 15.8 Å². The number of benzene rings is 1. The average Bonchev–Trinajstić information content (AvgIpc) is 3.49. The van der Waals surface area contributed by atoms with Crippen molar-refractivity contribution in [3.63, 3.8) is 0 Å². The fraction of sp³-hybridized carbons (Fsp3) is 0.143. The monoisotopic (exact) mass is 394 g/mol. The molecule has 0 radical (unpaired) electrons. The molecule has 0 N–H and O–H groups in total. The highest BCUT2D eigenvalue weighted by Gasteiger charge is 2.19. The molecule has 0 aliphatic heterocycles. The number of ether oxygens (including phenoxy) is 1. The largest absolute Gasteiger partial charge is 0.487 e. The Morgan fingerprint density at radius 1 is 1.04 bits per heavy atom. The number of rotatable bonds is 8. The molecule has 3 aromatic heterocycles. The number of carbonyl (C=O) groups excluding carboxylic acids is 1. The molecule has 0 fully saturated rings. The molecule has 0 bridgehead atoms. The predicted octanol–water partition coefficient (Wildman–Crippen LogP) is 4.75. The zero-order chi connectivity index (χ0) is 19.2. The van der Waals surface area contributed by atoms with E-state index in [1.54, 1.807) is 47.2 Å². The van der Waals surface area contributed by atoms with Crippen molar-refractivity contribution in [3.8, 4) is 5.75 Å². The molecule has 0 aliphatic rings. The molecule has 0 atom stereocenters. The van der Waals surface area contributed by atoms with Gasteiger partial charge in [0.2, 0.25) is 0 Å². The third kappa shape index (κ3) is 4.50. The average molecular weight is 394 g/mol. The number of amides is 1. The molecule has 0 aliphatic carbocycles. The topological polar surface area (TPSA) is 68.7 Å². The van der Waals surface area contributed by atoms with Crippen LogP contribution in [0.15, 0.2) is 80.8 Å². The van der Waals surface area contributed by atoms with E-state index in [-0.39, 0.29) is 5.91 Å². The number of nitrogens with zero attached hydrogens (tertiary/aromatic N) is 2. The normalized spacial score (nSPS) is 10.7. The summed E-state index contributed by atoms with van der Waals surface area (Å²) in [6.45, 7) is 1.05. The number of thiazole rings is 1. The van der Waals surface area contributed by atoms with Crippen LogP contribution < -0.4 is 4.74 Å². The molecule has 0 saturated carbocycles. The summed E-state index contributed by atoms with van der Waals surface area (Å²) in [5, 5.41) is 1.93. The smallest absolute Gasteiger partial charge is 0.254 e. The Hall–Kier alpha value is -3.32. The van der Waals surface area contributed by atoms with Crippen LogP contribution in [0, 0.1) is 0 Å². The first-order valence-corrected chi connectivity index (χ1v) is 9.66. The fourth-order valence-corrected chi connectivity index (χ4v) is 3.29. The lowest BCUT2D eigenvalue weighted by molar-refractivity contribution is 0.0704. The van der Waals surface area contributed by atoms with Gasteiger partial charge in [0, 0.05) is 10.9 Å². The van der Waals surface area contributed by atoms with Crippen LogP contribution in [0.25, 0.3) is 0 Å². The van der Waals surface area contributed by atoms with Gasteiger partial charge in [-0.3, -0.25) is 4.79 Å². The summed E-state index contributed by atoms with van der Waals surface area (Å²) < 4.78 is 16.6. The molecule has 6 nitrogen and oxygen atoms in total. The molecule has 0 saturated heterocycles. The van der Waals surface area contributed by atoms with Crippen molar-refractivity contribution in [3.05, 3.63) is 94.7 Å². The standard InChI is InChI=1S/C21H18N2O4S/c24-21(16-4-1-5-18(10-16)27-13-17-14-28-15-22-17)23(11-19-6-2-8-25-19)12-20-7-3-9-26-20/h1-10,14-15H,11-13H2. The van der Waals surface area contributed by atoms with Crippen molar-refractivity contribution in [2.45, 2.75) is 19.7 Å². The van der Waals surface area contributed by atoms with Crippen LogP contribution in [0.1, 0.15) is 27.6 Å². The van der Waals surface area contributed by atoms with E-state index in [9.17, 15) is 4.79 Å². The van der Waals surface area contributed by atoms with Crippen LogP contribution in [-0.2, 0) is 19.7 Å². The first kappa shape index (κ1) is 18.1. The molecule has 3 heterocycles. The Morgan fingerprint density at radius 2 is 1.79 bits per heavy atom. The van der Waals surface area contributed by atoms with E-state index in [1.165, 1.54) is 11.3 Å². The van der Waals surface area contributed by atoms with Crippen LogP contribution in [0.5, 0.6) is 5.75 Å². The molecule has 4 aromatic rings. The Bertz CT molecular complexity index is 959. The number of hydrogen-bond acceptors (Lipinski definition) is 6. The predicted molar refractivity (Wildman–Crippen MR) is 104 cm³/mol. The lowest BCUT2D eigenvalue weighted by Crippen LogP contribution is -2.29. The van der Waals surface area contributed by atoms with Gasteiger partial charge in [-0.05, 0) is 42.5 Å². The number of hydrogen-bond donors (Lipinski definition) is 0. The highest BCUT2D eigenvalue weighted by Crippen LogP contribution is 2.19. The maximum absolute atomic E-state index is 13.2. The molecular weight excluding hydrogens is 376 g/mol. The molecule has 1 amide bonds. The summed E-state index contributed by atoms with van der Waals surface area (Å²) in [7, 11) is 0. The summed E-state index contributed by atoms with van der Waals surface area (Å²) in [5.41, 5.74) is 3.16. The van der Waals surface area contributed by atoms with E-state index in [0.29, 0.717) is 42.5 Å². The molecule has 1 aromatic carbocycles. The second-order valence-corrected chi connectivity index (χ2v) is 6.83. The summed E-state index contributed by atoms with van der Waals surface area (Å²) in [6, 6.07) is 14.4. The molecule has 142 valence electrons. The van der Waals surface area contributed by atoms with Gasteiger partial charge in [0.25, 0.3) is 5.91 Å². The van der Waals surface area contributed by atoms with Crippen molar-refractivity contribution in [2.24, 2.45) is 0 Å². The second kappa shape index (κ2) is 8.58. The molecule has 4 rings (SSSR count). The van der Waals surface area contributed by atoms with Gasteiger partial charge in [0.05, 0.1) is 36.8 Å². The Kier molecular flexibility index (Phi) is 5.53. The van der Waals surface area contributed by atoms with E-state index in [1.807, 2.05) is 29.6 Å². The first-order chi connectivity index (χ1) is 13.8. The number of furan rings is 2. The van der Waals surface area contributed by atoms with E-state index >= 15 is 0 Å². The van der Waals surface area contributed by atoms with E-state index in [0.717, 1.165) is 5.69 Å². The van der Waals surface area contributed by atoms with Crippen molar-refractivity contribution in [2.75, 3.05) is 0 Å². The highest BCUT2D eigenvalue weighted by molar-refractivity contribution is 7.07. The van der Waals surface area contributed by atoms with E-state index < -0.39 is 0 Å². The maximum atomic E-state index is 13.2. The van der Waals surface area contributed by atoms with Crippen LogP contribution >= 0.6 is 11.3 Å². The minimum absolute atomic E-state index is 0.132. The minimum Gasteiger partial charge on any atom is -0.487 e. The summed E-state index contributed by atoms with van der Waals surface area (Å²) >= 11 is 1.52. The van der Waals surface area contributed by atoms with Gasteiger partial charge in [-0.25, -0.2) is 4.98 Å².